The van der Waals surface area contributed by atoms with Gasteiger partial charge in [-0.15, -0.1) is 0 Å². The van der Waals surface area contributed by atoms with E-state index in [0.29, 0.717) is 3.70 Å². The topological polar surface area (TPSA) is 32.9 Å². The molecule has 1 N–H and O–H groups in total. The van der Waals surface area contributed by atoms with Crippen LogP contribution in [0.2, 0.25) is 0 Å². The molecule has 6 heteroatoms. The summed E-state index contributed by atoms with van der Waals surface area (Å²) in [6.07, 6.45) is -2.63. The van der Waals surface area contributed by atoms with Crippen molar-refractivity contribution in [3.63, 3.8) is 0 Å². The van der Waals surface area contributed by atoms with Crippen molar-refractivity contribution in [1.82, 2.24) is 4.98 Å². The van der Waals surface area contributed by atoms with Gasteiger partial charge in [-0.1, -0.05) is 0 Å². The highest BCUT2D eigenvalue weighted by Gasteiger charge is 2.14. The van der Waals surface area contributed by atoms with Crippen LogP contribution in [0.5, 0.6) is 0 Å². The number of hydrogen-bond donors (Lipinski definition) is 1. The van der Waals surface area contributed by atoms with Crippen LogP contribution < -0.4 is 5.56 Å². The van der Waals surface area contributed by atoms with Gasteiger partial charge in [-0.25, -0.2) is 8.78 Å². The van der Waals surface area contributed by atoms with Gasteiger partial charge in [0.1, 0.15) is 0 Å². The molecule has 66 valence electrons. The number of hydrogen-bond acceptors (Lipinski definition) is 1. The first kappa shape index (κ1) is 10.1. The second-order valence-corrected chi connectivity index (χ2v) is 3.97. The molecule has 0 radical (unpaired) electrons. The number of aromatic nitrogens is 1. The third kappa shape index (κ3) is 2.03. The monoisotopic (exact) mass is 349 g/mol. The van der Waals surface area contributed by atoms with E-state index in [-0.39, 0.29) is 10.0 Å². The summed E-state index contributed by atoms with van der Waals surface area (Å²) >= 11 is 4.56. The van der Waals surface area contributed by atoms with Gasteiger partial charge in [0.25, 0.3) is 12.0 Å². The molecule has 0 fully saturated rings. The lowest BCUT2D eigenvalue weighted by Gasteiger charge is -2.01. The lowest BCUT2D eigenvalue weighted by Crippen LogP contribution is -2.11. The van der Waals surface area contributed by atoms with E-state index in [2.05, 4.69) is 20.9 Å². The van der Waals surface area contributed by atoms with Gasteiger partial charge in [-0.2, -0.15) is 0 Å². The summed E-state index contributed by atoms with van der Waals surface area (Å²) in [5.41, 5.74) is -0.805. The van der Waals surface area contributed by atoms with E-state index in [1.165, 1.54) is 6.07 Å². The molecule has 1 heterocycles. The van der Waals surface area contributed by atoms with Crippen LogP contribution >= 0.6 is 38.5 Å². The van der Waals surface area contributed by atoms with Crippen molar-refractivity contribution in [1.29, 1.82) is 0 Å². The van der Waals surface area contributed by atoms with Gasteiger partial charge in [0.05, 0.1) is 8.17 Å². The minimum absolute atomic E-state index is 0.0992. The third-order valence-corrected chi connectivity index (χ3v) is 2.60. The Morgan fingerprint density at radius 2 is 2.17 bits per heavy atom. The predicted octanol–water partition coefficient (Wildman–Crippen LogP) is 2.68. The summed E-state index contributed by atoms with van der Waals surface area (Å²) in [6, 6.07) is 1.23. The minimum Gasteiger partial charge on any atom is -0.316 e. The summed E-state index contributed by atoms with van der Waals surface area (Å²) in [7, 11) is 0. The van der Waals surface area contributed by atoms with Gasteiger partial charge in [-0.3, -0.25) is 4.79 Å². The smallest absolute Gasteiger partial charge is 0.265 e. The molecule has 0 saturated heterocycles. The molecule has 1 rings (SSSR count). The van der Waals surface area contributed by atoms with Crippen LogP contribution in [0.25, 0.3) is 0 Å². The summed E-state index contributed by atoms with van der Waals surface area (Å²) < 4.78 is 24.7. The Morgan fingerprint density at radius 3 is 2.67 bits per heavy atom. The van der Waals surface area contributed by atoms with Gasteiger partial charge in [0.15, 0.2) is 0 Å². The largest absolute Gasteiger partial charge is 0.316 e. The van der Waals surface area contributed by atoms with Crippen LogP contribution in [0, 0.1) is 3.70 Å². The van der Waals surface area contributed by atoms with Crippen molar-refractivity contribution in [3.8, 4) is 0 Å². The molecule has 0 unspecified atom stereocenters. The average molecular weight is 350 g/mol. The van der Waals surface area contributed by atoms with Crippen molar-refractivity contribution in [3.05, 3.63) is 30.2 Å². The standard InChI is InChI=1S/C6H3BrF2INO/c7-4-2(5(8)9)1-3(10)11-6(4)12/h1,5H,(H,11,12). The Hall–Kier alpha value is 0.0200. The van der Waals surface area contributed by atoms with Gasteiger partial charge in [0.2, 0.25) is 0 Å². The van der Waals surface area contributed by atoms with Gasteiger partial charge < -0.3 is 4.98 Å². The van der Waals surface area contributed by atoms with Crippen LogP contribution in [0.3, 0.4) is 0 Å². The quantitative estimate of drug-likeness (QED) is 0.613. The van der Waals surface area contributed by atoms with Gasteiger partial charge in [0, 0.05) is 5.56 Å². The van der Waals surface area contributed by atoms with Crippen molar-refractivity contribution >= 4 is 38.5 Å². The number of pyridine rings is 1. The summed E-state index contributed by atoms with van der Waals surface area (Å²) in [4.78, 5) is 13.3. The Balaban J connectivity index is 3.38. The molecule has 1 aromatic heterocycles. The molecule has 0 saturated carbocycles. The number of H-pyrrole nitrogens is 1. The number of halogens is 4. The van der Waals surface area contributed by atoms with E-state index >= 15 is 0 Å². The summed E-state index contributed by atoms with van der Waals surface area (Å²) in [5, 5.41) is 0. The minimum atomic E-state index is -2.63. The molecule has 0 amide bonds. The first-order chi connectivity index (χ1) is 5.52. The van der Waals surface area contributed by atoms with Crippen molar-refractivity contribution in [2.75, 3.05) is 0 Å². The first-order valence-corrected chi connectivity index (χ1v) is 4.76. The normalized spacial score (nSPS) is 10.8. The second-order valence-electron chi connectivity index (χ2n) is 2.02. The van der Waals surface area contributed by atoms with Crippen molar-refractivity contribution < 1.29 is 8.78 Å². The SMILES string of the molecule is O=c1[nH]c(I)cc(C(F)F)c1Br. The van der Waals surface area contributed by atoms with E-state index in [1.54, 1.807) is 22.6 Å². The average Bonchev–Trinajstić information content (AvgIpc) is 1.96. The molecule has 2 nitrogen and oxygen atoms in total. The van der Waals surface area contributed by atoms with Crippen molar-refractivity contribution in [2.45, 2.75) is 6.43 Å². The van der Waals surface area contributed by atoms with Crippen LogP contribution in [-0.4, -0.2) is 4.98 Å². The molecule has 0 aromatic carbocycles. The molecule has 12 heavy (non-hydrogen) atoms. The Morgan fingerprint density at radius 1 is 1.58 bits per heavy atom. The number of rotatable bonds is 1. The molecular weight excluding hydrogens is 347 g/mol. The van der Waals surface area contributed by atoms with E-state index < -0.39 is 12.0 Å². The zero-order chi connectivity index (χ0) is 9.30. The third-order valence-electron chi connectivity index (χ3n) is 1.20. The zero-order valence-electron chi connectivity index (χ0n) is 5.57. The first-order valence-electron chi connectivity index (χ1n) is 2.88. The number of nitrogens with one attached hydrogen (secondary N) is 1. The van der Waals surface area contributed by atoms with Crippen LogP contribution in [0.15, 0.2) is 15.3 Å². The molecule has 0 atom stereocenters. The van der Waals surface area contributed by atoms with E-state index in [9.17, 15) is 13.6 Å². The molecule has 0 bridgehead atoms. The van der Waals surface area contributed by atoms with Gasteiger partial charge >= 0.3 is 0 Å². The Kier molecular flexibility index (Phi) is 3.22. The fraction of sp³-hybridized carbons (Fsp3) is 0.167. The Bertz CT molecular complexity index is 352. The van der Waals surface area contributed by atoms with E-state index in [1.807, 2.05) is 0 Å². The van der Waals surface area contributed by atoms with Crippen LogP contribution in [0.4, 0.5) is 8.78 Å². The maximum absolute atomic E-state index is 12.2. The van der Waals surface area contributed by atoms with Gasteiger partial charge in [-0.05, 0) is 44.6 Å². The molecule has 0 aliphatic carbocycles. The predicted molar refractivity (Wildman–Crippen MR) is 52.4 cm³/mol. The maximum Gasteiger partial charge on any atom is 0.265 e. The molecule has 0 spiro atoms. The lowest BCUT2D eigenvalue weighted by molar-refractivity contribution is 0.150. The fourth-order valence-corrected chi connectivity index (χ4v) is 1.66. The zero-order valence-corrected chi connectivity index (χ0v) is 9.32. The van der Waals surface area contributed by atoms with Crippen LogP contribution in [0.1, 0.15) is 12.0 Å². The molecule has 1 aromatic rings. The summed E-state index contributed by atoms with van der Waals surface area (Å²) in [6.45, 7) is 0. The van der Waals surface area contributed by atoms with Crippen molar-refractivity contribution in [2.24, 2.45) is 0 Å². The highest BCUT2D eigenvalue weighted by Crippen LogP contribution is 2.24. The lowest BCUT2D eigenvalue weighted by atomic mass is 10.3. The molecule has 0 aliphatic heterocycles. The second kappa shape index (κ2) is 3.82. The van der Waals surface area contributed by atoms with Crippen LogP contribution in [-0.2, 0) is 0 Å². The highest BCUT2D eigenvalue weighted by atomic mass is 127. The van der Waals surface area contributed by atoms with E-state index in [4.69, 9.17) is 0 Å². The summed E-state index contributed by atoms with van der Waals surface area (Å²) in [5.74, 6) is 0. The molecular formula is C6H3BrF2INO. The van der Waals surface area contributed by atoms with E-state index in [0.717, 1.165) is 0 Å². The number of aromatic amines is 1. The molecule has 0 aliphatic rings. The fourth-order valence-electron chi connectivity index (χ4n) is 0.689. The number of alkyl halides is 2. The maximum atomic E-state index is 12.2. The highest BCUT2D eigenvalue weighted by molar-refractivity contribution is 14.1. The Labute approximate surface area is 88.6 Å².